The predicted molar refractivity (Wildman–Crippen MR) is 91.4 cm³/mol. The number of hydrogen-bond acceptors (Lipinski definition) is 5. The lowest BCUT2D eigenvalue weighted by Gasteiger charge is -2.18. The van der Waals surface area contributed by atoms with Crippen molar-refractivity contribution in [3.05, 3.63) is 45.9 Å². The summed E-state index contributed by atoms with van der Waals surface area (Å²) in [4.78, 5) is 17.7. The molecular formula is C18H20N2O3S. The smallest absolute Gasteiger partial charge is 0.263 e. The molecule has 24 heavy (non-hydrogen) atoms. The van der Waals surface area contributed by atoms with Crippen molar-refractivity contribution in [1.82, 2.24) is 10.3 Å². The Labute approximate surface area is 145 Å². The number of carbonyl (C=O) groups excluding carboxylic acids is 1. The molecule has 1 aromatic carbocycles. The third kappa shape index (κ3) is 2.91. The molecule has 5 nitrogen and oxygen atoms in total. The second kappa shape index (κ2) is 6.18. The van der Waals surface area contributed by atoms with Crippen molar-refractivity contribution in [3.63, 3.8) is 0 Å². The molecule has 2 heterocycles. The maximum atomic E-state index is 12.6. The van der Waals surface area contributed by atoms with Crippen LogP contribution in [-0.2, 0) is 10.3 Å². The summed E-state index contributed by atoms with van der Waals surface area (Å²) in [7, 11) is 1.65. The van der Waals surface area contributed by atoms with E-state index in [9.17, 15) is 4.79 Å². The Morgan fingerprint density at radius 2 is 2.33 bits per heavy atom. The van der Waals surface area contributed by atoms with Gasteiger partial charge < -0.3 is 14.8 Å². The molecule has 2 aromatic rings. The summed E-state index contributed by atoms with van der Waals surface area (Å²) in [6.07, 6.45) is 5.67. The molecule has 0 spiro atoms. The number of nitrogens with one attached hydrogen (secondary N) is 1. The van der Waals surface area contributed by atoms with Crippen molar-refractivity contribution < 1.29 is 14.3 Å². The highest BCUT2D eigenvalue weighted by Gasteiger charge is 2.46. The fraction of sp³-hybridized carbons (Fsp3) is 0.444. The number of hydrogen-bond donors (Lipinski definition) is 1. The number of aromatic nitrogens is 1. The zero-order valence-corrected chi connectivity index (χ0v) is 14.4. The van der Waals surface area contributed by atoms with E-state index in [1.807, 2.05) is 24.3 Å². The fourth-order valence-electron chi connectivity index (χ4n) is 3.12. The molecule has 126 valence electrons. The van der Waals surface area contributed by atoms with Gasteiger partial charge in [0.1, 0.15) is 21.7 Å². The van der Waals surface area contributed by atoms with Crippen LogP contribution in [0.15, 0.2) is 30.5 Å². The number of rotatable bonds is 5. The van der Waals surface area contributed by atoms with Crippen LogP contribution in [0, 0.1) is 0 Å². The number of ether oxygens (including phenoxy) is 2. The van der Waals surface area contributed by atoms with Crippen LogP contribution >= 0.6 is 11.3 Å². The van der Waals surface area contributed by atoms with E-state index in [1.54, 1.807) is 13.3 Å². The highest BCUT2D eigenvalue weighted by molar-refractivity contribution is 7.13. The van der Waals surface area contributed by atoms with Gasteiger partial charge in [-0.2, -0.15) is 0 Å². The first kappa shape index (κ1) is 15.6. The van der Waals surface area contributed by atoms with E-state index < -0.39 is 0 Å². The molecule has 1 saturated carbocycles. The Bertz CT molecular complexity index is 748. The standard InChI is InChI=1S/C18H20N2O3S/c1-22-13-5-2-4-12(10-13)18(7-8-18)20-16(21)15-11-19-17(24-15)14-6-3-9-23-14/h2,4-5,10-11,14H,3,6-9H2,1H3,(H,20,21)/t14-/m0/s1. The topological polar surface area (TPSA) is 60.5 Å². The van der Waals surface area contributed by atoms with Crippen molar-refractivity contribution in [2.24, 2.45) is 0 Å². The minimum absolute atomic E-state index is 0.0583. The molecule has 1 saturated heterocycles. The Hall–Kier alpha value is -1.92. The zero-order chi connectivity index (χ0) is 16.6. The van der Waals surface area contributed by atoms with Crippen molar-refractivity contribution >= 4 is 17.2 Å². The molecular weight excluding hydrogens is 324 g/mol. The van der Waals surface area contributed by atoms with Gasteiger partial charge in [-0.05, 0) is 43.4 Å². The van der Waals surface area contributed by atoms with Crippen LogP contribution < -0.4 is 10.1 Å². The SMILES string of the molecule is COc1cccc(C2(NC(=O)c3cnc([C@@H]4CCCO4)s3)CC2)c1. The summed E-state index contributed by atoms with van der Waals surface area (Å²) in [6.45, 7) is 0.782. The molecule has 1 atom stereocenters. The molecule has 1 aliphatic heterocycles. The molecule has 1 amide bonds. The number of amides is 1. The summed E-state index contributed by atoms with van der Waals surface area (Å²) in [5.41, 5.74) is 0.832. The van der Waals surface area contributed by atoms with Gasteiger partial charge in [-0.1, -0.05) is 12.1 Å². The van der Waals surface area contributed by atoms with Gasteiger partial charge in [0.15, 0.2) is 0 Å². The normalized spacial score (nSPS) is 21.5. The van der Waals surface area contributed by atoms with Crippen LogP contribution in [0.4, 0.5) is 0 Å². The second-order valence-corrected chi connectivity index (χ2v) is 7.39. The van der Waals surface area contributed by atoms with Crippen molar-refractivity contribution in [2.45, 2.75) is 37.3 Å². The molecule has 1 aliphatic carbocycles. The Kier molecular flexibility index (Phi) is 4.02. The van der Waals surface area contributed by atoms with Crippen LogP contribution in [0.2, 0.25) is 0 Å². The van der Waals surface area contributed by atoms with Crippen LogP contribution in [0.25, 0.3) is 0 Å². The van der Waals surface area contributed by atoms with Crippen LogP contribution in [-0.4, -0.2) is 24.6 Å². The van der Waals surface area contributed by atoms with E-state index >= 15 is 0 Å². The summed E-state index contributed by atoms with van der Waals surface area (Å²) in [6, 6.07) is 7.92. The number of benzene rings is 1. The third-order valence-corrected chi connectivity index (χ3v) is 5.77. The lowest BCUT2D eigenvalue weighted by atomic mass is 10.0. The molecule has 4 rings (SSSR count). The fourth-order valence-corrected chi connectivity index (χ4v) is 4.02. The first-order valence-corrected chi connectivity index (χ1v) is 9.06. The van der Waals surface area contributed by atoms with Gasteiger partial charge in [0.05, 0.1) is 18.8 Å². The van der Waals surface area contributed by atoms with E-state index in [4.69, 9.17) is 9.47 Å². The lowest BCUT2D eigenvalue weighted by molar-refractivity contribution is 0.0934. The van der Waals surface area contributed by atoms with Gasteiger partial charge in [0.2, 0.25) is 0 Å². The van der Waals surface area contributed by atoms with Gasteiger partial charge in [0, 0.05) is 6.61 Å². The summed E-state index contributed by atoms with van der Waals surface area (Å²) >= 11 is 1.44. The third-order valence-electron chi connectivity index (χ3n) is 4.68. The molecule has 1 N–H and O–H groups in total. The van der Waals surface area contributed by atoms with E-state index in [0.717, 1.165) is 48.6 Å². The van der Waals surface area contributed by atoms with E-state index in [1.165, 1.54) is 11.3 Å². The molecule has 0 radical (unpaired) electrons. The van der Waals surface area contributed by atoms with Gasteiger partial charge >= 0.3 is 0 Å². The molecule has 0 bridgehead atoms. The number of carbonyl (C=O) groups is 1. The molecule has 6 heteroatoms. The molecule has 2 aliphatic rings. The van der Waals surface area contributed by atoms with Gasteiger partial charge in [-0.15, -0.1) is 11.3 Å². The minimum Gasteiger partial charge on any atom is -0.497 e. The molecule has 1 aromatic heterocycles. The van der Waals surface area contributed by atoms with E-state index in [2.05, 4.69) is 10.3 Å². The molecule has 0 unspecified atom stereocenters. The maximum Gasteiger partial charge on any atom is 0.263 e. The quantitative estimate of drug-likeness (QED) is 0.903. The average Bonchev–Trinajstić information content (AvgIpc) is 3.05. The van der Waals surface area contributed by atoms with E-state index in [0.29, 0.717) is 4.88 Å². The van der Waals surface area contributed by atoms with Gasteiger partial charge in [-0.3, -0.25) is 4.79 Å². The maximum absolute atomic E-state index is 12.6. The predicted octanol–water partition coefficient (Wildman–Crippen LogP) is 3.42. The summed E-state index contributed by atoms with van der Waals surface area (Å²) in [5, 5.41) is 4.10. The monoisotopic (exact) mass is 344 g/mol. The number of methoxy groups -OCH3 is 1. The molecule has 2 fully saturated rings. The zero-order valence-electron chi connectivity index (χ0n) is 13.6. The highest BCUT2D eigenvalue weighted by atomic mass is 32.1. The van der Waals surface area contributed by atoms with Crippen molar-refractivity contribution in [2.75, 3.05) is 13.7 Å². The van der Waals surface area contributed by atoms with E-state index in [-0.39, 0.29) is 17.6 Å². The summed E-state index contributed by atoms with van der Waals surface area (Å²) in [5.74, 6) is 0.753. The second-order valence-electron chi connectivity index (χ2n) is 6.33. The largest absolute Gasteiger partial charge is 0.497 e. The number of thiazole rings is 1. The minimum atomic E-state index is -0.264. The van der Waals surface area contributed by atoms with Crippen LogP contribution in [0.3, 0.4) is 0 Å². The summed E-state index contributed by atoms with van der Waals surface area (Å²) < 4.78 is 10.9. The lowest BCUT2D eigenvalue weighted by Crippen LogP contribution is -2.34. The number of nitrogens with zero attached hydrogens (tertiary/aromatic N) is 1. The van der Waals surface area contributed by atoms with Crippen LogP contribution in [0.1, 0.15) is 52.0 Å². The average molecular weight is 344 g/mol. The van der Waals surface area contributed by atoms with Gasteiger partial charge in [0.25, 0.3) is 5.91 Å². The Balaban J connectivity index is 1.49. The highest BCUT2D eigenvalue weighted by Crippen LogP contribution is 2.46. The first-order valence-electron chi connectivity index (χ1n) is 8.25. The van der Waals surface area contributed by atoms with Gasteiger partial charge in [-0.25, -0.2) is 4.98 Å². The van der Waals surface area contributed by atoms with Crippen molar-refractivity contribution in [1.29, 1.82) is 0 Å². The Morgan fingerprint density at radius 1 is 1.46 bits per heavy atom. The van der Waals surface area contributed by atoms with Crippen LogP contribution in [0.5, 0.6) is 5.75 Å². The first-order chi connectivity index (χ1) is 11.7. The van der Waals surface area contributed by atoms with Crippen molar-refractivity contribution in [3.8, 4) is 5.75 Å². The Morgan fingerprint density at radius 3 is 3.04 bits per heavy atom.